The van der Waals surface area contributed by atoms with Crippen LogP contribution in [0.2, 0.25) is 0 Å². The zero-order chi connectivity index (χ0) is 25.0. The fourth-order valence-corrected chi connectivity index (χ4v) is 6.32. The first kappa shape index (κ1) is 25.2. The van der Waals surface area contributed by atoms with Crippen LogP contribution in [-0.4, -0.2) is 68.7 Å². The van der Waals surface area contributed by atoms with E-state index in [2.05, 4.69) is 10.2 Å². The van der Waals surface area contributed by atoms with Gasteiger partial charge in [0.2, 0.25) is 10.0 Å². The lowest BCUT2D eigenvalue weighted by atomic mass is 10.1. The Hall–Kier alpha value is -2.91. The summed E-state index contributed by atoms with van der Waals surface area (Å²) < 4.78 is 27.7. The Balaban J connectivity index is 1.65. The molecule has 0 radical (unpaired) electrons. The van der Waals surface area contributed by atoms with Crippen LogP contribution in [0.1, 0.15) is 60.2 Å². The molecule has 2 heterocycles. The van der Waals surface area contributed by atoms with Crippen LogP contribution in [0.15, 0.2) is 47.4 Å². The molecule has 2 saturated heterocycles. The number of sulfonamides is 1. The molecule has 0 atom stereocenters. The molecule has 2 aromatic carbocycles. The molecule has 2 aliphatic rings. The van der Waals surface area contributed by atoms with Crippen molar-refractivity contribution in [3.8, 4) is 0 Å². The van der Waals surface area contributed by atoms with Crippen LogP contribution in [-0.2, 0) is 10.0 Å². The standard InChI is InChI=1S/C26H34N4O4S/c1-3-30(4-2)35(33,34)22-12-13-24(28-14-5-6-15-28)23(19-22)25(31)27-21-11-9-10-20(18-21)26(32)29-16-7-8-17-29/h9-13,18-19H,3-8,14-17H2,1-2H3,(H,27,31). The van der Waals surface area contributed by atoms with Crippen molar-refractivity contribution in [3.05, 3.63) is 53.6 Å². The van der Waals surface area contributed by atoms with Gasteiger partial charge in [0.1, 0.15) is 0 Å². The van der Waals surface area contributed by atoms with Crippen molar-refractivity contribution in [1.29, 1.82) is 0 Å². The number of nitrogens with zero attached hydrogens (tertiary/aromatic N) is 3. The third-order valence-electron chi connectivity index (χ3n) is 6.76. The molecule has 0 unspecified atom stereocenters. The number of likely N-dealkylation sites (tertiary alicyclic amines) is 1. The lowest BCUT2D eigenvalue weighted by molar-refractivity contribution is 0.0792. The maximum Gasteiger partial charge on any atom is 0.257 e. The highest BCUT2D eigenvalue weighted by Gasteiger charge is 2.27. The van der Waals surface area contributed by atoms with E-state index >= 15 is 0 Å². The summed E-state index contributed by atoms with van der Waals surface area (Å²) in [6.07, 6.45) is 4.07. The fraction of sp³-hybridized carbons (Fsp3) is 0.462. The van der Waals surface area contributed by atoms with Crippen LogP contribution in [0.25, 0.3) is 0 Å². The Morgan fingerprint density at radius 2 is 1.57 bits per heavy atom. The minimum atomic E-state index is -3.71. The van der Waals surface area contributed by atoms with Crippen LogP contribution in [0, 0.1) is 0 Å². The second kappa shape index (κ2) is 10.8. The van der Waals surface area contributed by atoms with E-state index in [-0.39, 0.29) is 10.8 Å². The predicted octanol–water partition coefficient (Wildman–Crippen LogP) is 3.81. The highest BCUT2D eigenvalue weighted by molar-refractivity contribution is 7.89. The second-order valence-electron chi connectivity index (χ2n) is 9.00. The van der Waals surface area contributed by atoms with E-state index in [1.54, 1.807) is 50.2 Å². The lowest BCUT2D eigenvalue weighted by Gasteiger charge is -2.23. The first-order valence-electron chi connectivity index (χ1n) is 12.4. The molecule has 35 heavy (non-hydrogen) atoms. The summed E-state index contributed by atoms with van der Waals surface area (Å²) in [7, 11) is -3.71. The summed E-state index contributed by atoms with van der Waals surface area (Å²) >= 11 is 0. The molecule has 4 rings (SSSR count). The number of carbonyl (C=O) groups is 2. The summed E-state index contributed by atoms with van der Waals surface area (Å²) in [5.41, 5.74) is 2.07. The molecule has 2 fully saturated rings. The monoisotopic (exact) mass is 498 g/mol. The number of carbonyl (C=O) groups excluding carboxylic acids is 2. The molecular weight excluding hydrogens is 464 g/mol. The van der Waals surface area contributed by atoms with Crippen molar-refractivity contribution in [2.24, 2.45) is 0 Å². The topological polar surface area (TPSA) is 90.0 Å². The minimum absolute atomic E-state index is 0.0383. The Bertz CT molecular complexity index is 1180. The Morgan fingerprint density at radius 3 is 2.23 bits per heavy atom. The van der Waals surface area contributed by atoms with Gasteiger partial charge >= 0.3 is 0 Å². The molecule has 0 bridgehead atoms. The van der Waals surface area contributed by atoms with Crippen molar-refractivity contribution in [3.63, 3.8) is 0 Å². The van der Waals surface area contributed by atoms with Gasteiger partial charge in [0, 0.05) is 56.2 Å². The van der Waals surface area contributed by atoms with Crippen molar-refractivity contribution in [2.45, 2.75) is 44.4 Å². The van der Waals surface area contributed by atoms with E-state index in [1.165, 1.54) is 10.4 Å². The van der Waals surface area contributed by atoms with Gasteiger partial charge in [-0.1, -0.05) is 19.9 Å². The maximum atomic E-state index is 13.5. The van der Waals surface area contributed by atoms with Gasteiger partial charge in [-0.15, -0.1) is 0 Å². The molecule has 2 aliphatic heterocycles. The molecule has 0 aromatic heterocycles. The number of nitrogens with one attached hydrogen (secondary N) is 1. The third-order valence-corrected chi connectivity index (χ3v) is 8.81. The van der Waals surface area contributed by atoms with Gasteiger partial charge in [-0.25, -0.2) is 8.42 Å². The maximum absolute atomic E-state index is 13.5. The van der Waals surface area contributed by atoms with E-state index in [1.807, 2.05) is 4.90 Å². The molecule has 8 nitrogen and oxygen atoms in total. The van der Waals surface area contributed by atoms with Gasteiger partial charge in [0.05, 0.1) is 10.5 Å². The molecule has 0 saturated carbocycles. The fourth-order valence-electron chi connectivity index (χ4n) is 4.84. The highest BCUT2D eigenvalue weighted by Crippen LogP contribution is 2.29. The number of hydrogen-bond donors (Lipinski definition) is 1. The molecule has 0 aliphatic carbocycles. The summed E-state index contributed by atoms with van der Waals surface area (Å²) in [6, 6.07) is 11.7. The van der Waals surface area contributed by atoms with Gasteiger partial charge in [0.25, 0.3) is 11.8 Å². The van der Waals surface area contributed by atoms with Crippen molar-refractivity contribution < 1.29 is 18.0 Å². The van der Waals surface area contributed by atoms with Crippen LogP contribution >= 0.6 is 0 Å². The Morgan fingerprint density at radius 1 is 0.914 bits per heavy atom. The second-order valence-corrected chi connectivity index (χ2v) is 10.9. The predicted molar refractivity (Wildman–Crippen MR) is 138 cm³/mol. The first-order valence-corrected chi connectivity index (χ1v) is 13.9. The van der Waals surface area contributed by atoms with E-state index in [0.717, 1.165) is 57.5 Å². The SMILES string of the molecule is CCN(CC)S(=O)(=O)c1ccc(N2CCCC2)c(C(=O)Nc2cccc(C(=O)N3CCCC3)c2)c1. The highest BCUT2D eigenvalue weighted by atomic mass is 32.2. The summed E-state index contributed by atoms with van der Waals surface area (Å²) in [5, 5.41) is 2.90. The molecule has 2 amide bonds. The Labute approximate surface area is 207 Å². The first-order chi connectivity index (χ1) is 16.8. The minimum Gasteiger partial charge on any atom is -0.371 e. The molecule has 1 N–H and O–H groups in total. The average molecular weight is 499 g/mol. The zero-order valence-corrected chi connectivity index (χ0v) is 21.3. The molecule has 2 aromatic rings. The smallest absolute Gasteiger partial charge is 0.257 e. The Kier molecular flexibility index (Phi) is 7.76. The van der Waals surface area contributed by atoms with Crippen LogP contribution in [0.5, 0.6) is 0 Å². The lowest BCUT2D eigenvalue weighted by Crippen LogP contribution is -2.31. The van der Waals surface area contributed by atoms with Gasteiger partial charge < -0.3 is 15.1 Å². The van der Waals surface area contributed by atoms with E-state index < -0.39 is 15.9 Å². The third kappa shape index (κ3) is 5.36. The normalized spacial score (nSPS) is 16.2. The van der Waals surface area contributed by atoms with Gasteiger partial charge in [-0.3, -0.25) is 9.59 Å². The van der Waals surface area contributed by atoms with E-state index in [9.17, 15) is 18.0 Å². The molecular formula is C26H34N4O4S. The quantitative estimate of drug-likeness (QED) is 0.598. The van der Waals surface area contributed by atoms with Gasteiger partial charge in [-0.2, -0.15) is 4.31 Å². The summed E-state index contributed by atoms with van der Waals surface area (Å²) in [5.74, 6) is -0.432. The van der Waals surface area contributed by atoms with Crippen molar-refractivity contribution >= 4 is 33.2 Å². The number of hydrogen-bond acceptors (Lipinski definition) is 5. The number of benzene rings is 2. The van der Waals surface area contributed by atoms with Crippen molar-refractivity contribution in [1.82, 2.24) is 9.21 Å². The number of amides is 2. The van der Waals surface area contributed by atoms with Crippen LogP contribution < -0.4 is 10.2 Å². The summed E-state index contributed by atoms with van der Waals surface area (Å²) in [4.78, 5) is 30.3. The van der Waals surface area contributed by atoms with Gasteiger partial charge in [-0.05, 0) is 62.1 Å². The van der Waals surface area contributed by atoms with Crippen LogP contribution in [0.3, 0.4) is 0 Å². The summed E-state index contributed by atoms with van der Waals surface area (Å²) in [6.45, 7) is 7.45. The average Bonchev–Trinajstić information content (AvgIpc) is 3.59. The van der Waals surface area contributed by atoms with Crippen molar-refractivity contribution in [2.75, 3.05) is 49.5 Å². The molecule has 9 heteroatoms. The van der Waals surface area contributed by atoms with Gasteiger partial charge in [0.15, 0.2) is 0 Å². The van der Waals surface area contributed by atoms with E-state index in [4.69, 9.17) is 0 Å². The van der Waals surface area contributed by atoms with Crippen LogP contribution in [0.4, 0.5) is 11.4 Å². The van der Waals surface area contributed by atoms with E-state index in [0.29, 0.717) is 29.9 Å². The largest absolute Gasteiger partial charge is 0.371 e. The number of rotatable bonds is 8. The zero-order valence-electron chi connectivity index (χ0n) is 20.5. The molecule has 188 valence electrons. The number of anilines is 2. The molecule has 0 spiro atoms.